The standard InChI is InChI=1S/C20H25N3O2/c1-13-6-8-17-15(10-13)16(11-20(2,3)25-17)22-18-9-7-14(12-21-18)19(24)23(4)5/h6-10,12,16H,11H2,1-5H3,(H,21,22). The van der Waals surface area contributed by atoms with E-state index in [9.17, 15) is 4.79 Å². The summed E-state index contributed by atoms with van der Waals surface area (Å²) in [5.41, 5.74) is 2.68. The van der Waals surface area contributed by atoms with Gasteiger partial charge >= 0.3 is 0 Å². The van der Waals surface area contributed by atoms with Gasteiger partial charge in [0.1, 0.15) is 17.2 Å². The molecule has 132 valence electrons. The zero-order valence-corrected chi connectivity index (χ0v) is 15.5. The van der Waals surface area contributed by atoms with E-state index in [0.717, 1.165) is 23.6 Å². The van der Waals surface area contributed by atoms with Crippen molar-refractivity contribution in [3.8, 4) is 5.75 Å². The second kappa shape index (κ2) is 6.39. The highest BCUT2D eigenvalue weighted by molar-refractivity contribution is 5.93. The summed E-state index contributed by atoms with van der Waals surface area (Å²) in [5.74, 6) is 1.62. The quantitative estimate of drug-likeness (QED) is 0.924. The summed E-state index contributed by atoms with van der Waals surface area (Å²) >= 11 is 0. The number of ether oxygens (including phenoxy) is 1. The number of amides is 1. The average Bonchev–Trinajstić information content (AvgIpc) is 2.55. The normalized spacial score (nSPS) is 18.0. The van der Waals surface area contributed by atoms with E-state index in [4.69, 9.17) is 4.74 Å². The summed E-state index contributed by atoms with van der Waals surface area (Å²) in [6.07, 6.45) is 2.45. The maximum Gasteiger partial charge on any atom is 0.254 e. The number of aromatic nitrogens is 1. The molecule has 1 aromatic heterocycles. The Morgan fingerprint density at radius 3 is 2.68 bits per heavy atom. The van der Waals surface area contributed by atoms with E-state index < -0.39 is 0 Å². The number of hydrogen-bond acceptors (Lipinski definition) is 4. The van der Waals surface area contributed by atoms with Gasteiger partial charge in [0.2, 0.25) is 0 Å². The van der Waals surface area contributed by atoms with Gasteiger partial charge in [-0.2, -0.15) is 0 Å². The summed E-state index contributed by atoms with van der Waals surface area (Å²) < 4.78 is 6.11. The maximum absolute atomic E-state index is 12.0. The molecule has 1 aliphatic rings. The Bertz CT molecular complexity index is 782. The number of fused-ring (bicyclic) bond motifs is 1. The molecule has 1 unspecified atom stereocenters. The number of carbonyl (C=O) groups excluding carboxylic acids is 1. The fourth-order valence-corrected chi connectivity index (χ4v) is 3.15. The molecule has 0 radical (unpaired) electrons. The van der Waals surface area contributed by atoms with Crippen molar-refractivity contribution in [3.63, 3.8) is 0 Å². The lowest BCUT2D eigenvalue weighted by Crippen LogP contribution is -2.37. The lowest BCUT2D eigenvalue weighted by molar-refractivity contribution is 0.0758. The predicted octanol–water partition coefficient (Wildman–Crippen LogP) is 3.81. The molecule has 0 aliphatic carbocycles. The second-order valence-corrected chi connectivity index (χ2v) is 7.44. The highest BCUT2D eigenvalue weighted by Crippen LogP contribution is 2.41. The largest absolute Gasteiger partial charge is 0.487 e. The van der Waals surface area contributed by atoms with Crippen molar-refractivity contribution in [2.24, 2.45) is 0 Å². The molecule has 0 saturated heterocycles. The van der Waals surface area contributed by atoms with Crippen LogP contribution in [0.5, 0.6) is 5.75 Å². The van der Waals surface area contributed by atoms with Crippen molar-refractivity contribution in [3.05, 3.63) is 53.2 Å². The number of pyridine rings is 1. The molecule has 0 bridgehead atoms. The summed E-state index contributed by atoms with van der Waals surface area (Å²) in [6, 6.07) is 10.0. The van der Waals surface area contributed by atoms with Crippen LogP contribution in [0, 0.1) is 6.92 Å². The van der Waals surface area contributed by atoms with Crippen LogP contribution in [0.1, 0.15) is 47.8 Å². The molecule has 3 rings (SSSR count). The number of carbonyl (C=O) groups is 1. The van der Waals surface area contributed by atoms with Crippen LogP contribution in [0.2, 0.25) is 0 Å². The zero-order valence-electron chi connectivity index (χ0n) is 15.5. The van der Waals surface area contributed by atoms with E-state index in [1.54, 1.807) is 31.3 Å². The van der Waals surface area contributed by atoms with Gasteiger partial charge < -0.3 is 15.0 Å². The summed E-state index contributed by atoms with van der Waals surface area (Å²) in [4.78, 5) is 17.9. The number of benzene rings is 1. The van der Waals surface area contributed by atoms with E-state index in [0.29, 0.717) is 5.56 Å². The van der Waals surface area contributed by atoms with Crippen LogP contribution in [-0.4, -0.2) is 35.5 Å². The number of rotatable bonds is 3. The molecule has 1 aliphatic heterocycles. The van der Waals surface area contributed by atoms with Crippen molar-refractivity contribution in [1.29, 1.82) is 0 Å². The van der Waals surface area contributed by atoms with E-state index in [1.807, 2.05) is 12.1 Å². The number of anilines is 1. The summed E-state index contributed by atoms with van der Waals surface area (Å²) in [7, 11) is 3.47. The average molecular weight is 339 g/mol. The Hall–Kier alpha value is -2.56. The molecule has 1 N–H and O–H groups in total. The molecule has 2 heterocycles. The third-order valence-corrected chi connectivity index (χ3v) is 4.36. The Labute approximate surface area is 149 Å². The smallest absolute Gasteiger partial charge is 0.254 e. The molecule has 25 heavy (non-hydrogen) atoms. The van der Waals surface area contributed by atoms with Crippen molar-refractivity contribution in [2.45, 2.75) is 38.8 Å². The lowest BCUT2D eigenvalue weighted by atomic mass is 9.89. The predicted molar refractivity (Wildman–Crippen MR) is 99.1 cm³/mol. The van der Waals surface area contributed by atoms with Crippen molar-refractivity contribution in [1.82, 2.24) is 9.88 Å². The van der Waals surface area contributed by atoms with Crippen molar-refractivity contribution < 1.29 is 9.53 Å². The fourth-order valence-electron chi connectivity index (χ4n) is 3.15. The maximum atomic E-state index is 12.0. The molecule has 2 aromatic rings. The highest BCUT2D eigenvalue weighted by Gasteiger charge is 2.33. The molecule has 5 heteroatoms. The van der Waals surface area contributed by atoms with Crippen LogP contribution in [0.15, 0.2) is 36.5 Å². The summed E-state index contributed by atoms with van der Waals surface area (Å²) in [6.45, 7) is 6.27. The number of aryl methyl sites for hydroxylation is 1. The Kier molecular flexibility index (Phi) is 4.41. The Morgan fingerprint density at radius 2 is 2.04 bits per heavy atom. The molecule has 1 amide bonds. The van der Waals surface area contributed by atoms with Crippen LogP contribution in [0.25, 0.3) is 0 Å². The van der Waals surface area contributed by atoms with Crippen LogP contribution in [0.3, 0.4) is 0 Å². The van der Waals surface area contributed by atoms with Gasteiger partial charge in [-0.3, -0.25) is 4.79 Å². The minimum absolute atomic E-state index is 0.0489. The SMILES string of the molecule is Cc1ccc2c(c1)C(Nc1ccc(C(=O)N(C)C)cn1)CC(C)(C)O2. The van der Waals surface area contributed by atoms with E-state index in [2.05, 4.69) is 43.2 Å². The lowest BCUT2D eigenvalue weighted by Gasteiger charge is -2.38. The van der Waals surface area contributed by atoms with Gasteiger partial charge in [0.15, 0.2) is 0 Å². The number of nitrogens with zero attached hydrogens (tertiary/aromatic N) is 2. The van der Waals surface area contributed by atoms with Crippen LogP contribution < -0.4 is 10.1 Å². The van der Waals surface area contributed by atoms with Gasteiger partial charge in [-0.05, 0) is 39.0 Å². The van der Waals surface area contributed by atoms with Gasteiger partial charge in [-0.25, -0.2) is 4.98 Å². The van der Waals surface area contributed by atoms with Crippen molar-refractivity contribution in [2.75, 3.05) is 19.4 Å². The molecule has 5 nitrogen and oxygen atoms in total. The van der Waals surface area contributed by atoms with Gasteiger partial charge in [-0.15, -0.1) is 0 Å². The van der Waals surface area contributed by atoms with Gasteiger partial charge in [0.25, 0.3) is 5.91 Å². The minimum Gasteiger partial charge on any atom is -0.487 e. The van der Waals surface area contributed by atoms with Gasteiger partial charge in [0.05, 0.1) is 11.6 Å². The van der Waals surface area contributed by atoms with Crippen molar-refractivity contribution >= 4 is 11.7 Å². The monoisotopic (exact) mass is 339 g/mol. The third kappa shape index (κ3) is 3.76. The molecular weight excluding hydrogens is 314 g/mol. The van der Waals surface area contributed by atoms with Gasteiger partial charge in [0, 0.05) is 32.3 Å². The Morgan fingerprint density at radius 1 is 1.28 bits per heavy atom. The molecule has 0 spiro atoms. The third-order valence-electron chi connectivity index (χ3n) is 4.36. The molecule has 0 fully saturated rings. The first-order valence-electron chi connectivity index (χ1n) is 8.49. The highest BCUT2D eigenvalue weighted by atomic mass is 16.5. The first-order chi connectivity index (χ1) is 11.7. The molecule has 1 atom stereocenters. The fraction of sp³-hybridized carbons (Fsp3) is 0.400. The first-order valence-corrected chi connectivity index (χ1v) is 8.49. The minimum atomic E-state index is -0.249. The summed E-state index contributed by atoms with van der Waals surface area (Å²) in [5, 5.41) is 3.50. The van der Waals surface area contributed by atoms with E-state index in [-0.39, 0.29) is 17.6 Å². The zero-order chi connectivity index (χ0) is 18.2. The number of nitrogens with one attached hydrogen (secondary N) is 1. The first kappa shape index (κ1) is 17.3. The second-order valence-electron chi connectivity index (χ2n) is 7.44. The molecule has 1 aromatic carbocycles. The number of hydrogen-bond donors (Lipinski definition) is 1. The molecular formula is C20H25N3O2. The van der Waals surface area contributed by atoms with E-state index in [1.165, 1.54) is 5.56 Å². The van der Waals surface area contributed by atoms with Crippen LogP contribution in [0.4, 0.5) is 5.82 Å². The Balaban J connectivity index is 1.85. The molecule has 0 saturated carbocycles. The van der Waals surface area contributed by atoms with E-state index >= 15 is 0 Å². The van der Waals surface area contributed by atoms with Crippen LogP contribution in [-0.2, 0) is 0 Å². The van der Waals surface area contributed by atoms with Crippen LogP contribution >= 0.6 is 0 Å². The van der Waals surface area contributed by atoms with Gasteiger partial charge in [-0.1, -0.05) is 17.7 Å². The topological polar surface area (TPSA) is 54.5 Å².